The van der Waals surface area contributed by atoms with Gasteiger partial charge in [0, 0.05) is 12.5 Å². The van der Waals surface area contributed by atoms with Crippen LogP contribution in [0.5, 0.6) is 0 Å². The Morgan fingerprint density at radius 2 is 2.14 bits per heavy atom. The molecule has 4 heteroatoms. The summed E-state index contributed by atoms with van der Waals surface area (Å²) in [5.41, 5.74) is -0.456. The van der Waals surface area contributed by atoms with E-state index in [1.807, 2.05) is 20.8 Å². The topological polar surface area (TPSA) is 58.6 Å². The fourth-order valence-corrected chi connectivity index (χ4v) is 1.32. The van der Waals surface area contributed by atoms with Crippen molar-refractivity contribution in [1.29, 1.82) is 0 Å². The van der Waals surface area contributed by atoms with Crippen molar-refractivity contribution >= 4 is 6.09 Å². The van der Waals surface area contributed by atoms with Crippen LogP contribution >= 0.6 is 0 Å². The Morgan fingerprint density at radius 3 is 2.50 bits per heavy atom. The Morgan fingerprint density at radius 1 is 1.50 bits per heavy atom. The number of aliphatic hydroxyl groups excluding tert-OH is 1. The van der Waals surface area contributed by atoms with E-state index in [4.69, 9.17) is 4.74 Å². The molecule has 1 aliphatic rings. The van der Waals surface area contributed by atoms with Gasteiger partial charge >= 0.3 is 6.09 Å². The molecule has 2 N–H and O–H groups in total. The predicted molar refractivity (Wildman–Crippen MR) is 53.0 cm³/mol. The largest absolute Gasteiger partial charge is 0.444 e. The summed E-state index contributed by atoms with van der Waals surface area (Å²) in [4.78, 5) is 11.2. The standard InChI is InChI=1S/C10H19NO3/c1-10(2,3)14-9(13)11-6-7-4-5-8(7)12/h7-8,12H,4-6H2,1-3H3,(H,11,13)/t7-,8-/m0/s1. The molecule has 14 heavy (non-hydrogen) atoms. The number of carbonyl (C=O) groups excluding carboxylic acids is 1. The minimum atomic E-state index is -0.456. The second kappa shape index (κ2) is 4.17. The molecule has 0 aromatic rings. The maximum atomic E-state index is 11.2. The third kappa shape index (κ3) is 3.54. The number of amides is 1. The van der Waals surface area contributed by atoms with Gasteiger partial charge in [-0.25, -0.2) is 4.79 Å². The average molecular weight is 201 g/mol. The van der Waals surface area contributed by atoms with Crippen molar-refractivity contribution in [2.45, 2.75) is 45.3 Å². The number of aliphatic hydroxyl groups is 1. The molecule has 0 aromatic carbocycles. The van der Waals surface area contributed by atoms with E-state index in [9.17, 15) is 9.90 Å². The van der Waals surface area contributed by atoms with Gasteiger partial charge in [-0.3, -0.25) is 0 Å². The van der Waals surface area contributed by atoms with E-state index in [-0.39, 0.29) is 12.0 Å². The number of hydrogen-bond donors (Lipinski definition) is 2. The zero-order valence-corrected chi connectivity index (χ0v) is 9.04. The summed E-state index contributed by atoms with van der Waals surface area (Å²) in [7, 11) is 0. The third-order valence-electron chi connectivity index (χ3n) is 2.28. The first-order valence-electron chi connectivity index (χ1n) is 5.03. The summed E-state index contributed by atoms with van der Waals surface area (Å²) in [6, 6.07) is 0. The van der Waals surface area contributed by atoms with Crippen LogP contribution in [0.25, 0.3) is 0 Å². The van der Waals surface area contributed by atoms with E-state index in [1.54, 1.807) is 0 Å². The van der Waals surface area contributed by atoms with E-state index in [1.165, 1.54) is 0 Å². The minimum Gasteiger partial charge on any atom is -0.444 e. The second-order valence-corrected chi connectivity index (χ2v) is 4.79. The van der Waals surface area contributed by atoms with Crippen LogP contribution in [0.3, 0.4) is 0 Å². The van der Waals surface area contributed by atoms with Gasteiger partial charge in [-0.05, 0) is 33.6 Å². The Bertz CT molecular complexity index is 210. The highest BCUT2D eigenvalue weighted by molar-refractivity contribution is 5.67. The minimum absolute atomic E-state index is 0.211. The van der Waals surface area contributed by atoms with E-state index >= 15 is 0 Å². The molecule has 4 nitrogen and oxygen atoms in total. The van der Waals surface area contributed by atoms with Gasteiger partial charge in [-0.1, -0.05) is 0 Å². The molecule has 82 valence electrons. The van der Waals surface area contributed by atoms with E-state index in [0.717, 1.165) is 12.8 Å². The summed E-state index contributed by atoms with van der Waals surface area (Å²) in [5.74, 6) is 0.211. The van der Waals surface area contributed by atoms with Crippen molar-refractivity contribution in [2.24, 2.45) is 5.92 Å². The summed E-state index contributed by atoms with van der Waals surface area (Å²) in [6.45, 7) is 5.98. The molecular formula is C10H19NO3. The first-order chi connectivity index (χ1) is 6.38. The highest BCUT2D eigenvalue weighted by atomic mass is 16.6. The van der Waals surface area contributed by atoms with E-state index in [0.29, 0.717) is 6.54 Å². The highest BCUT2D eigenvalue weighted by Gasteiger charge is 2.29. The number of ether oxygens (including phenoxy) is 1. The van der Waals surface area contributed by atoms with Crippen LogP contribution in [0.1, 0.15) is 33.6 Å². The summed E-state index contributed by atoms with van der Waals surface area (Å²) >= 11 is 0. The SMILES string of the molecule is CC(C)(C)OC(=O)NC[C@@H]1CC[C@@H]1O. The van der Waals surface area contributed by atoms with Crippen LogP contribution in [0.15, 0.2) is 0 Å². The molecule has 0 aliphatic heterocycles. The van der Waals surface area contributed by atoms with Crippen molar-refractivity contribution in [2.75, 3.05) is 6.54 Å². The lowest BCUT2D eigenvalue weighted by Gasteiger charge is -2.32. The first kappa shape index (κ1) is 11.3. The van der Waals surface area contributed by atoms with Gasteiger partial charge in [0.1, 0.15) is 5.60 Å². The van der Waals surface area contributed by atoms with Crippen molar-refractivity contribution in [1.82, 2.24) is 5.32 Å². The fourth-order valence-electron chi connectivity index (χ4n) is 1.32. The van der Waals surface area contributed by atoms with Crippen molar-refractivity contribution in [3.05, 3.63) is 0 Å². The summed E-state index contributed by atoms with van der Waals surface area (Å²) in [6.07, 6.45) is 1.18. The van der Waals surface area contributed by atoms with Gasteiger partial charge in [0.2, 0.25) is 0 Å². The smallest absolute Gasteiger partial charge is 0.407 e. The zero-order valence-electron chi connectivity index (χ0n) is 9.04. The summed E-state index contributed by atoms with van der Waals surface area (Å²) < 4.78 is 5.06. The van der Waals surface area contributed by atoms with Gasteiger partial charge in [0.25, 0.3) is 0 Å². The molecule has 2 atom stereocenters. The molecule has 0 spiro atoms. The quantitative estimate of drug-likeness (QED) is 0.707. The lowest BCUT2D eigenvalue weighted by Crippen LogP contribution is -2.42. The van der Waals surface area contributed by atoms with Crippen molar-refractivity contribution < 1.29 is 14.6 Å². The van der Waals surface area contributed by atoms with Gasteiger partial charge in [-0.15, -0.1) is 0 Å². The molecule has 0 heterocycles. The fraction of sp³-hybridized carbons (Fsp3) is 0.900. The van der Waals surface area contributed by atoms with Gasteiger partial charge in [-0.2, -0.15) is 0 Å². The number of carbonyl (C=O) groups is 1. The lowest BCUT2D eigenvalue weighted by molar-refractivity contribution is 0.0183. The zero-order chi connectivity index (χ0) is 10.8. The highest BCUT2D eigenvalue weighted by Crippen LogP contribution is 2.26. The third-order valence-corrected chi connectivity index (χ3v) is 2.28. The molecule has 1 saturated carbocycles. The van der Waals surface area contributed by atoms with Crippen molar-refractivity contribution in [3.63, 3.8) is 0 Å². The van der Waals surface area contributed by atoms with Gasteiger partial charge in [0.15, 0.2) is 0 Å². The lowest BCUT2D eigenvalue weighted by atomic mass is 9.82. The molecule has 1 rings (SSSR count). The second-order valence-electron chi connectivity index (χ2n) is 4.79. The molecule has 1 amide bonds. The van der Waals surface area contributed by atoms with Crippen LogP contribution in [-0.4, -0.2) is 29.4 Å². The van der Waals surface area contributed by atoms with Crippen LogP contribution in [-0.2, 0) is 4.74 Å². The molecule has 0 saturated heterocycles. The van der Waals surface area contributed by atoms with Crippen molar-refractivity contribution in [3.8, 4) is 0 Å². The van der Waals surface area contributed by atoms with Gasteiger partial charge in [0.05, 0.1) is 6.10 Å². The first-order valence-corrected chi connectivity index (χ1v) is 5.03. The van der Waals surface area contributed by atoms with Gasteiger partial charge < -0.3 is 15.2 Å². The van der Waals surface area contributed by atoms with Crippen LogP contribution in [0.2, 0.25) is 0 Å². The Labute approximate surface area is 84.6 Å². The normalized spacial score (nSPS) is 26.6. The Hall–Kier alpha value is -0.770. The molecule has 0 radical (unpaired) electrons. The number of rotatable bonds is 2. The van der Waals surface area contributed by atoms with E-state index in [2.05, 4.69) is 5.32 Å². The molecule has 0 bridgehead atoms. The number of hydrogen-bond acceptors (Lipinski definition) is 3. The maximum Gasteiger partial charge on any atom is 0.407 e. The monoisotopic (exact) mass is 201 g/mol. The van der Waals surface area contributed by atoms with E-state index < -0.39 is 11.7 Å². The molecule has 1 aliphatic carbocycles. The average Bonchev–Trinajstić information content (AvgIpc) is 1.98. The molecule has 1 fully saturated rings. The van der Waals surface area contributed by atoms with Crippen LogP contribution in [0.4, 0.5) is 4.79 Å². The Balaban J connectivity index is 2.15. The number of alkyl carbamates (subject to hydrolysis) is 1. The molecular weight excluding hydrogens is 182 g/mol. The Kier molecular flexibility index (Phi) is 3.37. The van der Waals surface area contributed by atoms with Crippen LogP contribution < -0.4 is 5.32 Å². The summed E-state index contributed by atoms with van der Waals surface area (Å²) in [5, 5.41) is 11.9. The molecule has 0 unspecified atom stereocenters. The van der Waals surface area contributed by atoms with Crippen LogP contribution in [0, 0.1) is 5.92 Å². The number of nitrogens with one attached hydrogen (secondary N) is 1. The maximum absolute atomic E-state index is 11.2. The predicted octanol–water partition coefficient (Wildman–Crippen LogP) is 1.28. The molecule has 0 aromatic heterocycles.